The van der Waals surface area contributed by atoms with E-state index in [1.807, 2.05) is 13.8 Å². The van der Waals surface area contributed by atoms with Gasteiger partial charge in [-0.05, 0) is 68.0 Å². The number of hydrogen-bond donors (Lipinski definition) is 2. The first-order chi connectivity index (χ1) is 16.2. The van der Waals surface area contributed by atoms with Gasteiger partial charge in [0, 0.05) is 18.8 Å². The number of carbonyl (C=O) groups is 1. The first-order valence-electron chi connectivity index (χ1n) is 10.5. The van der Waals surface area contributed by atoms with Crippen molar-refractivity contribution in [1.82, 2.24) is 10.3 Å². The lowest BCUT2D eigenvalue weighted by atomic mass is 10.2. The van der Waals surface area contributed by atoms with Crippen LogP contribution in [0.3, 0.4) is 0 Å². The Morgan fingerprint density at radius 2 is 1.91 bits per heavy atom. The van der Waals surface area contributed by atoms with E-state index in [4.69, 9.17) is 49.6 Å². The van der Waals surface area contributed by atoms with Crippen LogP contribution in [0.1, 0.15) is 19.4 Å². The molecule has 1 heterocycles. The molecule has 0 radical (unpaired) electrons. The minimum atomic E-state index is -0.0955. The lowest BCUT2D eigenvalue weighted by molar-refractivity contribution is -0.145. The fraction of sp³-hybridized carbons (Fsp3) is 0.348. The van der Waals surface area contributed by atoms with Crippen LogP contribution in [0.5, 0.6) is 11.5 Å². The Morgan fingerprint density at radius 1 is 1.18 bits per heavy atom. The van der Waals surface area contributed by atoms with Crippen LogP contribution >= 0.6 is 35.4 Å². The summed E-state index contributed by atoms with van der Waals surface area (Å²) < 4.78 is 16.8. The molecule has 0 aliphatic carbocycles. The van der Waals surface area contributed by atoms with Crippen LogP contribution < -0.4 is 20.2 Å². The molecule has 1 saturated heterocycles. The zero-order valence-electron chi connectivity index (χ0n) is 19.0. The molecule has 3 rings (SSSR count). The monoisotopic (exact) mass is 524 g/mol. The van der Waals surface area contributed by atoms with Gasteiger partial charge < -0.3 is 24.4 Å². The van der Waals surface area contributed by atoms with Crippen LogP contribution in [0.2, 0.25) is 10.0 Å². The number of anilines is 1. The van der Waals surface area contributed by atoms with Gasteiger partial charge in [-0.2, -0.15) is 5.10 Å². The number of methoxy groups -OCH3 is 1. The number of hydrazone groups is 1. The highest BCUT2D eigenvalue weighted by molar-refractivity contribution is 7.80. The summed E-state index contributed by atoms with van der Waals surface area (Å²) in [5.74, 6) is 0.853. The topological polar surface area (TPSA) is 84.4 Å². The molecule has 2 aromatic carbocycles. The van der Waals surface area contributed by atoms with Crippen LogP contribution in [0.15, 0.2) is 41.5 Å². The number of rotatable bonds is 7. The van der Waals surface area contributed by atoms with Crippen LogP contribution in [0.25, 0.3) is 0 Å². The third-order valence-corrected chi connectivity index (χ3v) is 5.80. The summed E-state index contributed by atoms with van der Waals surface area (Å²) in [6, 6.07) is 10.4. The van der Waals surface area contributed by atoms with Crippen molar-refractivity contribution in [3.63, 3.8) is 0 Å². The highest BCUT2D eigenvalue weighted by Crippen LogP contribution is 2.28. The van der Waals surface area contributed by atoms with Crippen molar-refractivity contribution >= 4 is 58.3 Å². The first kappa shape index (κ1) is 26.0. The summed E-state index contributed by atoms with van der Waals surface area (Å²) in [5, 5.41) is 8.25. The molecule has 0 spiro atoms. The maximum absolute atomic E-state index is 12.5. The zero-order chi connectivity index (χ0) is 24.7. The van der Waals surface area contributed by atoms with E-state index < -0.39 is 0 Å². The number of morpholine rings is 1. The van der Waals surface area contributed by atoms with Crippen molar-refractivity contribution in [3.8, 4) is 11.5 Å². The average Bonchev–Trinajstić information content (AvgIpc) is 2.79. The highest BCUT2D eigenvalue weighted by atomic mass is 35.5. The van der Waals surface area contributed by atoms with E-state index in [0.717, 1.165) is 5.56 Å². The summed E-state index contributed by atoms with van der Waals surface area (Å²) in [6.45, 7) is 4.91. The van der Waals surface area contributed by atoms with Gasteiger partial charge in [-0.25, -0.2) is 0 Å². The van der Waals surface area contributed by atoms with Gasteiger partial charge in [0.15, 0.2) is 23.2 Å². The maximum atomic E-state index is 12.5. The number of carbonyl (C=O) groups excluding carboxylic acids is 1. The Morgan fingerprint density at radius 3 is 2.59 bits per heavy atom. The molecule has 2 atom stereocenters. The number of nitrogens with zero attached hydrogens (tertiary/aromatic N) is 2. The molecule has 0 saturated carbocycles. The van der Waals surface area contributed by atoms with E-state index in [9.17, 15) is 4.79 Å². The average molecular weight is 525 g/mol. The number of benzene rings is 2. The van der Waals surface area contributed by atoms with Gasteiger partial charge in [-0.15, -0.1) is 0 Å². The smallest absolute Gasteiger partial charge is 0.260 e. The van der Waals surface area contributed by atoms with E-state index in [-0.39, 0.29) is 29.8 Å². The number of thiocarbonyl (C=S) groups is 1. The lowest BCUT2D eigenvalue weighted by Gasteiger charge is -2.35. The molecule has 1 fully saturated rings. The predicted octanol–water partition coefficient (Wildman–Crippen LogP) is 4.34. The fourth-order valence-electron chi connectivity index (χ4n) is 3.39. The second-order valence-electron chi connectivity index (χ2n) is 7.71. The lowest BCUT2D eigenvalue weighted by Crippen LogP contribution is -2.49. The third-order valence-electron chi connectivity index (χ3n) is 4.87. The number of halogens is 2. The van der Waals surface area contributed by atoms with Gasteiger partial charge >= 0.3 is 0 Å². The molecule has 182 valence electrons. The molecule has 1 aliphatic heterocycles. The number of hydrogen-bond acceptors (Lipinski definition) is 6. The standard InChI is InChI=1S/C23H26Cl2N4O4S/c1-14-11-29(12-15(2)33-14)22(30)13-32-20-7-4-16(8-21(20)31-3)10-26-28-23(34)27-17-5-6-18(24)19(25)9-17/h4-10,14-15H,11-13H2,1-3H3,(H2,27,28,34)/b26-10-/t14-,15+. The minimum Gasteiger partial charge on any atom is -0.493 e. The third kappa shape index (κ3) is 7.46. The molecular formula is C23H26Cl2N4O4S. The summed E-state index contributed by atoms with van der Waals surface area (Å²) in [4.78, 5) is 14.3. The second-order valence-corrected chi connectivity index (χ2v) is 8.93. The van der Waals surface area contributed by atoms with Crippen LogP contribution in [0, 0.1) is 0 Å². The van der Waals surface area contributed by atoms with Crippen LogP contribution in [-0.2, 0) is 9.53 Å². The number of nitrogens with one attached hydrogen (secondary N) is 2. The van der Waals surface area contributed by atoms with Gasteiger partial charge in [0.25, 0.3) is 5.91 Å². The SMILES string of the molecule is COc1cc(/C=N\NC(=S)Nc2ccc(Cl)c(Cl)c2)ccc1OCC(=O)N1C[C@@H](C)O[C@@H](C)C1. The van der Waals surface area contributed by atoms with Crippen molar-refractivity contribution in [2.75, 3.05) is 32.1 Å². The van der Waals surface area contributed by atoms with Crippen molar-refractivity contribution < 1.29 is 19.0 Å². The molecule has 34 heavy (non-hydrogen) atoms. The summed E-state index contributed by atoms with van der Waals surface area (Å²) in [6.07, 6.45) is 1.58. The van der Waals surface area contributed by atoms with Gasteiger partial charge in [0.05, 0.1) is 35.6 Å². The molecule has 0 unspecified atom stereocenters. The van der Waals surface area contributed by atoms with E-state index in [1.54, 1.807) is 47.5 Å². The molecule has 0 bridgehead atoms. The minimum absolute atomic E-state index is 0.00138. The second kappa shape index (κ2) is 12.2. The van der Waals surface area contributed by atoms with E-state index in [0.29, 0.717) is 40.3 Å². The number of ether oxygens (including phenoxy) is 3. The molecule has 2 N–H and O–H groups in total. The van der Waals surface area contributed by atoms with E-state index >= 15 is 0 Å². The highest BCUT2D eigenvalue weighted by Gasteiger charge is 2.26. The Labute approximate surface area is 214 Å². The maximum Gasteiger partial charge on any atom is 0.260 e. The van der Waals surface area contributed by atoms with Crippen molar-refractivity contribution in [1.29, 1.82) is 0 Å². The largest absolute Gasteiger partial charge is 0.493 e. The van der Waals surface area contributed by atoms with Crippen LogP contribution in [-0.4, -0.2) is 61.1 Å². The first-order valence-corrected chi connectivity index (χ1v) is 11.7. The summed E-state index contributed by atoms with van der Waals surface area (Å²) in [7, 11) is 1.53. The fourth-order valence-corrected chi connectivity index (χ4v) is 3.86. The van der Waals surface area contributed by atoms with Gasteiger partial charge in [0.2, 0.25) is 0 Å². The molecular weight excluding hydrogens is 499 g/mol. The summed E-state index contributed by atoms with van der Waals surface area (Å²) in [5.41, 5.74) is 4.16. The van der Waals surface area contributed by atoms with E-state index in [2.05, 4.69) is 15.8 Å². The summed E-state index contributed by atoms with van der Waals surface area (Å²) >= 11 is 17.1. The molecule has 1 aliphatic rings. The van der Waals surface area contributed by atoms with Gasteiger partial charge in [-0.3, -0.25) is 10.2 Å². The predicted molar refractivity (Wildman–Crippen MR) is 138 cm³/mol. The quantitative estimate of drug-likeness (QED) is 0.316. The Kier molecular flexibility index (Phi) is 9.35. The Balaban J connectivity index is 1.53. The van der Waals surface area contributed by atoms with Gasteiger partial charge in [0.1, 0.15) is 0 Å². The Hall–Kier alpha value is -2.59. The van der Waals surface area contributed by atoms with Crippen molar-refractivity contribution in [2.45, 2.75) is 26.1 Å². The molecule has 11 heteroatoms. The van der Waals surface area contributed by atoms with Gasteiger partial charge in [-0.1, -0.05) is 23.2 Å². The molecule has 0 aromatic heterocycles. The number of amides is 1. The Bertz CT molecular complexity index is 1060. The molecule has 1 amide bonds. The van der Waals surface area contributed by atoms with E-state index in [1.165, 1.54) is 7.11 Å². The van der Waals surface area contributed by atoms with Crippen molar-refractivity contribution in [2.24, 2.45) is 5.10 Å². The van der Waals surface area contributed by atoms with Crippen LogP contribution in [0.4, 0.5) is 5.69 Å². The normalized spacial score (nSPS) is 18.0. The van der Waals surface area contributed by atoms with Crippen molar-refractivity contribution in [3.05, 3.63) is 52.0 Å². The zero-order valence-corrected chi connectivity index (χ0v) is 21.3. The molecule has 8 nitrogen and oxygen atoms in total. The molecule has 2 aromatic rings.